The maximum absolute atomic E-state index is 3.48. The maximum Gasteiger partial charge on any atom is 0.0809 e. The lowest BCUT2D eigenvalue weighted by Crippen LogP contribution is -1.77. The Balaban J connectivity index is 2.34. The third-order valence-electron chi connectivity index (χ3n) is 2.94. The minimum atomic E-state index is 1.20. The number of rotatable bonds is 2. The van der Waals surface area contributed by atoms with E-state index < -0.39 is 0 Å². The lowest BCUT2D eigenvalue weighted by Gasteiger charge is -2.02. The average molecular weight is 239 g/mol. The van der Waals surface area contributed by atoms with Gasteiger partial charge in [-0.1, -0.05) is 48.5 Å². The lowest BCUT2D eigenvalue weighted by atomic mass is 10.1. The zero-order chi connectivity index (χ0) is 11.7. The van der Waals surface area contributed by atoms with E-state index in [4.69, 9.17) is 0 Å². The number of nitrogens with one attached hydrogen (secondary N) is 1. The standard InChI is InChI=1S/C15H13NS/c1-17-15-14(11-7-3-2-4-8-11)12-9-5-6-10-13(12)16-15/h2-10,16H,1H3. The fourth-order valence-corrected chi connectivity index (χ4v) is 2.81. The molecule has 2 heteroatoms. The van der Waals surface area contributed by atoms with Gasteiger partial charge in [0.25, 0.3) is 0 Å². The highest BCUT2D eigenvalue weighted by atomic mass is 32.2. The van der Waals surface area contributed by atoms with Crippen LogP contribution in [0, 0.1) is 0 Å². The van der Waals surface area contributed by atoms with Crippen molar-refractivity contribution in [3.63, 3.8) is 0 Å². The number of hydrogen-bond donors (Lipinski definition) is 1. The van der Waals surface area contributed by atoms with Crippen LogP contribution >= 0.6 is 11.8 Å². The average Bonchev–Trinajstić information content (AvgIpc) is 2.78. The minimum absolute atomic E-state index is 1.20. The Kier molecular flexibility index (Phi) is 2.65. The van der Waals surface area contributed by atoms with Crippen molar-refractivity contribution < 1.29 is 0 Å². The summed E-state index contributed by atoms with van der Waals surface area (Å²) in [7, 11) is 0. The second-order valence-corrected chi connectivity index (χ2v) is 4.76. The van der Waals surface area contributed by atoms with Gasteiger partial charge in [0, 0.05) is 16.5 Å². The number of aromatic amines is 1. The topological polar surface area (TPSA) is 15.8 Å². The summed E-state index contributed by atoms with van der Waals surface area (Å²) < 4.78 is 0. The fourth-order valence-electron chi connectivity index (χ4n) is 2.16. The van der Waals surface area contributed by atoms with Crippen molar-refractivity contribution in [3.05, 3.63) is 54.6 Å². The van der Waals surface area contributed by atoms with Gasteiger partial charge in [-0.3, -0.25) is 0 Å². The number of thioether (sulfide) groups is 1. The molecule has 3 aromatic rings. The Morgan fingerprint density at radius 2 is 1.59 bits per heavy atom. The molecule has 1 N–H and O–H groups in total. The van der Waals surface area contributed by atoms with Crippen LogP contribution in [0.1, 0.15) is 0 Å². The Hall–Kier alpha value is -1.67. The van der Waals surface area contributed by atoms with Gasteiger partial charge in [-0.2, -0.15) is 0 Å². The highest BCUT2D eigenvalue weighted by Gasteiger charge is 2.11. The molecule has 1 nitrogen and oxygen atoms in total. The molecule has 0 aliphatic heterocycles. The SMILES string of the molecule is CSc1[nH]c2ccccc2c1-c1ccccc1. The maximum atomic E-state index is 3.48. The van der Waals surface area contributed by atoms with E-state index in [0.717, 1.165) is 0 Å². The van der Waals surface area contributed by atoms with Crippen LogP contribution in [-0.4, -0.2) is 11.2 Å². The molecule has 3 rings (SSSR count). The molecule has 2 aromatic carbocycles. The van der Waals surface area contributed by atoms with Crippen LogP contribution in [0.4, 0.5) is 0 Å². The second-order valence-electron chi connectivity index (χ2n) is 3.94. The van der Waals surface area contributed by atoms with Gasteiger partial charge in [0.05, 0.1) is 5.03 Å². The monoisotopic (exact) mass is 239 g/mol. The molecule has 0 unspecified atom stereocenters. The molecular weight excluding hydrogens is 226 g/mol. The van der Waals surface area contributed by atoms with E-state index in [0.29, 0.717) is 0 Å². The van der Waals surface area contributed by atoms with Crippen LogP contribution in [-0.2, 0) is 0 Å². The molecule has 0 fully saturated rings. The summed E-state index contributed by atoms with van der Waals surface area (Å²) in [6, 6.07) is 19.0. The van der Waals surface area contributed by atoms with E-state index in [2.05, 4.69) is 65.8 Å². The summed E-state index contributed by atoms with van der Waals surface area (Å²) in [5, 5.41) is 2.53. The van der Waals surface area contributed by atoms with E-state index in [9.17, 15) is 0 Å². The molecular formula is C15H13NS. The van der Waals surface area contributed by atoms with Gasteiger partial charge in [0.2, 0.25) is 0 Å². The number of fused-ring (bicyclic) bond motifs is 1. The van der Waals surface area contributed by atoms with Crippen molar-refractivity contribution in [2.24, 2.45) is 0 Å². The van der Waals surface area contributed by atoms with Crippen molar-refractivity contribution in [2.45, 2.75) is 5.03 Å². The van der Waals surface area contributed by atoms with E-state index in [1.807, 2.05) is 0 Å². The quantitative estimate of drug-likeness (QED) is 0.648. The van der Waals surface area contributed by atoms with Crippen molar-refractivity contribution in [3.8, 4) is 11.1 Å². The largest absolute Gasteiger partial charge is 0.349 e. The van der Waals surface area contributed by atoms with Crippen molar-refractivity contribution in [1.82, 2.24) is 4.98 Å². The van der Waals surface area contributed by atoms with Gasteiger partial charge in [0.15, 0.2) is 0 Å². The Morgan fingerprint density at radius 3 is 2.35 bits per heavy atom. The Labute approximate surface area is 105 Å². The van der Waals surface area contributed by atoms with Gasteiger partial charge in [0.1, 0.15) is 0 Å². The smallest absolute Gasteiger partial charge is 0.0809 e. The lowest BCUT2D eigenvalue weighted by molar-refractivity contribution is 1.25. The second kappa shape index (κ2) is 4.30. The molecule has 84 valence electrons. The van der Waals surface area contributed by atoms with Gasteiger partial charge in [-0.15, -0.1) is 11.8 Å². The molecule has 17 heavy (non-hydrogen) atoms. The van der Waals surface area contributed by atoms with E-state index in [1.54, 1.807) is 11.8 Å². The van der Waals surface area contributed by atoms with Crippen LogP contribution < -0.4 is 0 Å². The van der Waals surface area contributed by atoms with Gasteiger partial charge < -0.3 is 4.98 Å². The molecule has 0 aliphatic rings. The third-order valence-corrected chi connectivity index (χ3v) is 3.65. The zero-order valence-electron chi connectivity index (χ0n) is 9.60. The molecule has 0 bridgehead atoms. The normalized spacial score (nSPS) is 10.9. The molecule has 1 aromatic heterocycles. The first-order valence-corrected chi connectivity index (χ1v) is 6.83. The van der Waals surface area contributed by atoms with E-state index >= 15 is 0 Å². The molecule has 0 aliphatic carbocycles. The molecule has 0 saturated heterocycles. The molecule has 0 amide bonds. The number of para-hydroxylation sites is 1. The molecule has 0 radical (unpaired) electrons. The van der Waals surface area contributed by atoms with Gasteiger partial charge in [-0.25, -0.2) is 0 Å². The minimum Gasteiger partial charge on any atom is -0.349 e. The van der Waals surface area contributed by atoms with E-state index in [-0.39, 0.29) is 0 Å². The van der Waals surface area contributed by atoms with Crippen LogP contribution in [0.2, 0.25) is 0 Å². The van der Waals surface area contributed by atoms with Crippen LogP contribution in [0.5, 0.6) is 0 Å². The molecule has 0 saturated carbocycles. The summed E-state index contributed by atoms with van der Waals surface area (Å²) in [6.45, 7) is 0. The first-order chi connectivity index (χ1) is 8.40. The highest BCUT2D eigenvalue weighted by molar-refractivity contribution is 7.98. The number of aromatic nitrogens is 1. The fraction of sp³-hybridized carbons (Fsp3) is 0.0667. The summed E-state index contributed by atoms with van der Waals surface area (Å²) in [5.74, 6) is 0. The summed E-state index contributed by atoms with van der Waals surface area (Å²) in [4.78, 5) is 3.48. The van der Waals surface area contributed by atoms with Crippen molar-refractivity contribution >= 4 is 22.7 Å². The van der Waals surface area contributed by atoms with Gasteiger partial charge >= 0.3 is 0 Å². The Bertz CT molecular complexity index is 640. The number of benzene rings is 2. The van der Waals surface area contributed by atoms with Crippen LogP contribution in [0.3, 0.4) is 0 Å². The molecule has 0 spiro atoms. The Morgan fingerprint density at radius 1 is 0.882 bits per heavy atom. The first kappa shape index (κ1) is 10.5. The third kappa shape index (κ3) is 1.75. The van der Waals surface area contributed by atoms with Crippen LogP contribution in [0.15, 0.2) is 59.6 Å². The molecule has 0 atom stereocenters. The molecule has 1 heterocycles. The highest BCUT2D eigenvalue weighted by Crippen LogP contribution is 2.36. The van der Waals surface area contributed by atoms with Crippen molar-refractivity contribution in [2.75, 3.05) is 6.26 Å². The number of H-pyrrole nitrogens is 1. The summed E-state index contributed by atoms with van der Waals surface area (Å²) >= 11 is 1.76. The van der Waals surface area contributed by atoms with E-state index in [1.165, 1.54) is 27.1 Å². The van der Waals surface area contributed by atoms with Crippen LogP contribution in [0.25, 0.3) is 22.0 Å². The zero-order valence-corrected chi connectivity index (χ0v) is 10.4. The predicted molar refractivity (Wildman–Crippen MR) is 75.5 cm³/mol. The summed E-state index contributed by atoms with van der Waals surface area (Å²) in [6.07, 6.45) is 2.11. The van der Waals surface area contributed by atoms with Gasteiger partial charge in [-0.05, 0) is 17.9 Å². The summed E-state index contributed by atoms with van der Waals surface area (Å²) in [5.41, 5.74) is 3.79. The predicted octanol–water partition coefficient (Wildman–Crippen LogP) is 4.56. The number of hydrogen-bond acceptors (Lipinski definition) is 1. The first-order valence-electron chi connectivity index (χ1n) is 5.60. The van der Waals surface area contributed by atoms with Crippen molar-refractivity contribution in [1.29, 1.82) is 0 Å².